The molecule has 0 aliphatic heterocycles. The topological polar surface area (TPSA) is 29.5 Å². The van der Waals surface area contributed by atoms with E-state index in [1.54, 1.807) is 0 Å². The van der Waals surface area contributed by atoms with E-state index in [0.29, 0.717) is 6.42 Å². The standard InChI is InChI=1S/C19H38O2Si/c1-11-15(4)18(21-22(9,10)19(6,7)8)16(5)17(20)13-12-14(2)3/h11-12,16-18,20H,13H2,1-10H3/b15-11+/t16-,17+,18-/m1/s1. The molecule has 0 aliphatic carbocycles. The Bertz CT molecular complexity index is 398. The van der Waals surface area contributed by atoms with Gasteiger partial charge in [0.1, 0.15) is 0 Å². The van der Waals surface area contributed by atoms with Gasteiger partial charge in [-0.2, -0.15) is 0 Å². The first-order chi connectivity index (χ1) is 9.83. The van der Waals surface area contributed by atoms with Gasteiger partial charge in [0.05, 0.1) is 12.2 Å². The van der Waals surface area contributed by atoms with E-state index in [1.807, 2.05) is 6.92 Å². The molecule has 0 aromatic rings. The second kappa shape index (κ2) is 8.46. The van der Waals surface area contributed by atoms with Crippen molar-refractivity contribution < 1.29 is 9.53 Å². The maximum Gasteiger partial charge on any atom is 0.192 e. The number of aliphatic hydroxyl groups excluding tert-OH is 1. The van der Waals surface area contributed by atoms with Crippen LogP contribution in [0.4, 0.5) is 0 Å². The number of allylic oxidation sites excluding steroid dienone is 2. The van der Waals surface area contributed by atoms with Gasteiger partial charge in [-0.3, -0.25) is 0 Å². The third-order valence-electron chi connectivity index (χ3n) is 4.98. The van der Waals surface area contributed by atoms with Crippen LogP contribution in [0.5, 0.6) is 0 Å². The van der Waals surface area contributed by atoms with Gasteiger partial charge in [-0.15, -0.1) is 0 Å². The second-order valence-electron chi connectivity index (χ2n) is 8.28. The minimum atomic E-state index is -1.87. The molecule has 0 aliphatic rings. The summed E-state index contributed by atoms with van der Waals surface area (Å²) in [5.74, 6) is 0.0842. The molecule has 0 heterocycles. The van der Waals surface area contributed by atoms with E-state index in [4.69, 9.17) is 4.43 Å². The minimum Gasteiger partial charge on any atom is -0.410 e. The number of hydrogen-bond acceptors (Lipinski definition) is 2. The summed E-state index contributed by atoms with van der Waals surface area (Å²) in [5.41, 5.74) is 2.46. The van der Waals surface area contributed by atoms with Crippen LogP contribution in [0.3, 0.4) is 0 Å². The summed E-state index contributed by atoms with van der Waals surface area (Å²) in [6.45, 7) is 21.7. The maximum absolute atomic E-state index is 10.5. The Morgan fingerprint density at radius 2 is 1.68 bits per heavy atom. The average Bonchev–Trinajstić information content (AvgIpc) is 2.39. The second-order valence-corrected chi connectivity index (χ2v) is 13.0. The van der Waals surface area contributed by atoms with E-state index in [-0.39, 0.29) is 23.2 Å². The van der Waals surface area contributed by atoms with E-state index in [9.17, 15) is 5.11 Å². The highest BCUT2D eigenvalue weighted by Crippen LogP contribution is 2.39. The number of aliphatic hydroxyl groups is 1. The molecule has 22 heavy (non-hydrogen) atoms. The van der Waals surface area contributed by atoms with Crippen molar-refractivity contribution in [1.29, 1.82) is 0 Å². The molecule has 3 atom stereocenters. The van der Waals surface area contributed by atoms with Crippen LogP contribution in [-0.4, -0.2) is 25.6 Å². The largest absolute Gasteiger partial charge is 0.410 e. The number of rotatable bonds is 7. The van der Waals surface area contributed by atoms with Crippen LogP contribution < -0.4 is 0 Å². The van der Waals surface area contributed by atoms with Crippen molar-refractivity contribution in [3.05, 3.63) is 23.3 Å². The van der Waals surface area contributed by atoms with Crippen LogP contribution in [0.15, 0.2) is 23.3 Å². The zero-order valence-corrected chi connectivity index (χ0v) is 17.4. The molecule has 0 spiro atoms. The Hall–Kier alpha value is -0.383. The van der Waals surface area contributed by atoms with Gasteiger partial charge in [-0.05, 0) is 57.8 Å². The molecule has 0 radical (unpaired) electrons. The third kappa shape index (κ3) is 6.39. The molecule has 2 nitrogen and oxygen atoms in total. The molecule has 0 amide bonds. The predicted octanol–water partition coefficient (Wildman–Crippen LogP) is 5.70. The molecule has 0 rings (SSSR count). The minimum absolute atomic E-state index is 0.00791. The molecule has 0 fully saturated rings. The maximum atomic E-state index is 10.5. The fourth-order valence-corrected chi connectivity index (χ4v) is 3.44. The first-order valence-corrected chi connectivity index (χ1v) is 11.4. The summed E-state index contributed by atoms with van der Waals surface area (Å²) >= 11 is 0. The van der Waals surface area contributed by atoms with Gasteiger partial charge in [-0.1, -0.05) is 45.4 Å². The van der Waals surface area contributed by atoms with Crippen molar-refractivity contribution in [3.8, 4) is 0 Å². The van der Waals surface area contributed by atoms with Crippen LogP contribution in [0.1, 0.15) is 61.8 Å². The molecule has 0 bridgehead atoms. The Morgan fingerprint density at radius 1 is 1.18 bits per heavy atom. The molecule has 0 saturated heterocycles. The summed E-state index contributed by atoms with van der Waals surface area (Å²) in [6.07, 6.45) is 4.53. The molecule has 0 unspecified atom stereocenters. The van der Waals surface area contributed by atoms with Crippen molar-refractivity contribution in [2.24, 2.45) is 5.92 Å². The lowest BCUT2D eigenvalue weighted by Gasteiger charge is -2.42. The SMILES string of the molecule is C/C=C(\C)[C@@H](O[Si](C)(C)C(C)(C)C)[C@H](C)[C@@H](O)CC=C(C)C. The Labute approximate surface area is 139 Å². The Morgan fingerprint density at radius 3 is 2.05 bits per heavy atom. The Kier molecular flexibility index (Phi) is 8.32. The van der Waals surface area contributed by atoms with E-state index in [2.05, 4.69) is 73.7 Å². The van der Waals surface area contributed by atoms with Crippen molar-refractivity contribution >= 4 is 8.32 Å². The summed E-state index contributed by atoms with van der Waals surface area (Å²) in [6, 6.07) is 0. The van der Waals surface area contributed by atoms with Gasteiger partial charge >= 0.3 is 0 Å². The summed E-state index contributed by atoms with van der Waals surface area (Å²) < 4.78 is 6.63. The fraction of sp³-hybridized carbons (Fsp3) is 0.789. The molecular formula is C19H38O2Si. The first-order valence-electron chi connectivity index (χ1n) is 8.45. The van der Waals surface area contributed by atoms with E-state index in [0.717, 1.165) is 0 Å². The average molecular weight is 327 g/mol. The van der Waals surface area contributed by atoms with Gasteiger partial charge in [0.25, 0.3) is 0 Å². The summed E-state index contributed by atoms with van der Waals surface area (Å²) in [5, 5.41) is 10.7. The quantitative estimate of drug-likeness (QED) is 0.480. The highest BCUT2D eigenvalue weighted by atomic mass is 28.4. The predicted molar refractivity (Wildman–Crippen MR) is 101 cm³/mol. The Balaban J connectivity index is 5.27. The zero-order valence-electron chi connectivity index (χ0n) is 16.4. The van der Waals surface area contributed by atoms with Crippen LogP contribution >= 0.6 is 0 Å². The highest BCUT2D eigenvalue weighted by molar-refractivity contribution is 6.74. The fourth-order valence-electron chi connectivity index (χ4n) is 2.05. The zero-order chi connectivity index (χ0) is 17.7. The van der Waals surface area contributed by atoms with Gasteiger partial charge in [0.2, 0.25) is 0 Å². The van der Waals surface area contributed by atoms with E-state index in [1.165, 1.54) is 11.1 Å². The van der Waals surface area contributed by atoms with Crippen LogP contribution in [0, 0.1) is 5.92 Å². The van der Waals surface area contributed by atoms with E-state index >= 15 is 0 Å². The normalized spacial score (nSPS) is 17.9. The summed E-state index contributed by atoms with van der Waals surface area (Å²) in [7, 11) is -1.87. The van der Waals surface area contributed by atoms with Crippen LogP contribution in [-0.2, 0) is 4.43 Å². The highest BCUT2D eigenvalue weighted by Gasteiger charge is 2.41. The molecule has 0 saturated carbocycles. The summed E-state index contributed by atoms with van der Waals surface area (Å²) in [4.78, 5) is 0. The van der Waals surface area contributed by atoms with Gasteiger partial charge < -0.3 is 9.53 Å². The molecule has 3 heteroatoms. The van der Waals surface area contributed by atoms with Crippen molar-refractivity contribution in [1.82, 2.24) is 0 Å². The molecule has 0 aromatic carbocycles. The third-order valence-corrected chi connectivity index (χ3v) is 9.44. The van der Waals surface area contributed by atoms with Crippen LogP contribution in [0.25, 0.3) is 0 Å². The van der Waals surface area contributed by atoms with Crippen molar-refractivity contribution in [2.75, 3.05) is 0 Å². The van der Waals surface area contributed by atoms with Gasteiger partial charge in [0.15, 0.2) is 8.32 Å². The van der Waals surface area contributed by atoms with Gasteiger partial charge in [0, 0.05) is 5.92 Å². The van der Waals surface area contributed by atoms with Gasteiger partial charge in [-0.25, -0.2) is 0 Å². The molecule has 130 valence electrons. The molecule has 0 aromatic heterocycles. The lowest BCUT2D eigenvalue weighted by Crippen LogP contribution is -2.47. The lowest BCUT2D eigenvalue weighted by atomic mass is 9.91. The monoisotopic (exact) mass is 326 g/mol. The lowest BCUT2D eigenvalue weighted by molar-refractivity contribution is 0.0468. The molecule has 1 N–H and O–H groups in total. The smallest absolute Gasteiger partial charge is 0.192 e. The van der Waals surface area contributed by atoms with E-state index < -0.39 is 8.32 Å². The van der Waals surface area contributed by atoms with Crippen molar-refractivity contribution in [2.45, 2.75) is 92.2 Å². The molecular weight excluding hydrogens is 288 g/mol. The first kappa shape index (κ1) is 21.6. The van der Waals surface area contributed by atoms with Crippen molar-refractivity contribution in [3.63, 3.8) is 0 Å². The van der Waals surface area contributed by atoms with Crippen LogP contribution in [0.2, 0.25) is 18.1 Å². The number of hydrogen-bond donors (Lipinski definition) is 1.